The Morgan fingerprint density at radius 3 is 2.70 bits per heavy atom. The second kappa shape index (κ2) is 7.25. The van der Waals surface area contributed by atoms with E-state index >= 15 is 0 Å². The first-order chi connectivity index (χ1) is 9.66. The predicted octanol–water partition coefficient (Wildman–Crippen LogP) is 4.12. The smallest absolute Gasteiger partial charge is 0.252 e. The Morgan fingerprint density at radius 2 is 1.95 bits per heavy atom. The van der Waals surface area contributed by atoms with E-state index < -0.39 is 0 Å². The standard InChI is InChI=1S/C17H18BrNO/c1-13-6-4-7-14(12-13)8-5-11-19-17(20)15-9-2-3-10-16(15)18/h2-4,6-7,9-10,12H,5,8,11H2,1H3,(H,19,20). The molecule has 2 aromatic carbocycles. The molecule has 104 valence electrons. The molecule has 3 heteroatoms. The molecule has 0 saturated carbocycles. The van der Waals surface area contributed by atoms with Crippen LogP contribution in [0.4, 0.5) is 0 Å². The Bertz CT molecular complexity index is 595. The molecule has 0 unspecified atom stereocenters. The maximum absolute atomic E-state index is 12.0. The van der Waals surface area contributed by atoms with Gasteiger partial charge in [0.2, 0.25) is 0 Å². The lowest BCUT2D eigenvalue weighted by molar-refractivity contribution is 0.0952. The zero-order chi connectivity index (χ0) is 14.4. The number of carbonyl (C=O) groups excluding carboxylic acids is 1. The van der Waals surface area contributed by atoms with Gasteiger partial charge in [-0.3, -0.25) is 4.79 Å². The molecule has 2 aromatic rings. The Kier molecular flexibility index (Phi) is 5.36. The van der Waals surface area contributed by atoms with Crippen LogP contribution in [0.1, 0.15) is 27.9 Å². The summed E-state index contributed by atoms with van der Waals surface area (Å²) >= 11 is 3.39. The number of rotatable bonds is 5. The highest BCUT2D eigenvalue weighted by Crippen LogP contribution is 2.15. The maximum Gasteiger partial charge on any atom is 0.252 e. The third-order valence-electron chi connectivity index (χ3n) is 3.13. The van der Waals surface area contributed by atoms with E-state index in [0.717, 1.165) is 17.3 Å². The van der Waals surface area contributed by atoms with Gasteiger partial charge in [-0.15, -0.1) is 0 Å². The largest absolute Gasteiger partial charge is 0.352 e. The number of nitrogens with one attached hydrogen (secondary N) is 1. The molecule has 0 atom stereocenters. The third-order valence-corrected chi connectivity index (χ3v) is 3.82. The van der Waals surface area contributed by atoms with Gasteiger partial charge in [0, 0.05) is 11.0 Å². The van der Waals surface area contributed by atoms with Crippen LogP contribution in [-0.4, -0.2) is 12.5 Å². The number of benzene rings is 2. The SMILES string of the molecule is Cc1cccc(CCCNC(=O)c2ccccc2Br)c1. The van der Waals surface area contributed by atoms with Crippen LogP contribution in [0.25, 0.3) is 0 Å². The highest BCUT2D eigenvalue weighted by molar-refractivity contribution is 9.10. The topological polar surface area (TPSA) is 29.1 Å². The summed E-state index contributed by atoms with van der Waals surface area (Å²) in [5.74, 6) is -0.0262. The van der Waals surface area contributed by atoms with Crippen molar-refractivity contribution in [2.45, 2.75) is 19.8 Å². The minimum atomic E-state index is -0.0262. The van der Waals surface area contributed by atoms with Crippen LogP contribution >= 0.6 is 15.9 Å². The van der Waals surface area contributed by atoms with Crippen molar-refractivity contribution in [1.82, 2.24) is 5.32 Å². The van der Waals surface area contributed by atoms with Crippen LogP contribution in [0.5, 0.6) is 0 Å². The lowest BCUT2D eigenvalue weighted by Gasteiger charge is -2.07. The summed E-state index contributed by atoms with van der Waals surface area (Å²) < 4.78 is 0.830. The number of amides is 1. The fourth-order valence-corrected chi connectivity index (χ4v) is 2.57. The minimum absolute atomic E-state index is 0.0262. The summed E-state index contributed by atoms with van der Waals surface area (Å²) in [4.78, 5) is 12.0. The average molecular weight is 332 g/mol. The van der Waals surface area contributed by atoms with Crippen LogP contribution in [0, 0.1) is 6.92 Å². The third kappa shape index (κ3) is 4.20. The van der Waals surface area contributed by atoms with Crippen molar-refractivity contribution < 1.29 is 4.79 Å². The van der Waals surface area contributed by atoms with E-state index in [0.29, 0.717) is 12.1 Å². The molecule has 0 saturated heterocycles. The maximum atomic E-state index is 12.0. The van der Waals surface area contributed by atoms with Gasteiger partial charge in [-0.2, -0.15) is 0 Å². The molecule has 1 amide bonds. The Balaban J connectivity index is 1.79. The van der Waals surface area contributed by atoms with Crippen LogP contribution in [-0.2, 0) is 6.42 Å². The summed E-state index contributed by atoms with van der Waals surface area (Å²) in [5.41, 5.74) is 3.28. The van der Waals surface area contributed by atoms with Gasteiger partial charge in [0.05, 0.1) is 5.56 Å². The number of carbonyl (C=O) groups is 1. The van der Waals surface area contributed by atoms with Gasteiger partial charge in [-0.25, -0.2) is 0 Å². The molecule has 0 aliphatic rings. The van der Waals surface area contributed by atoms with Crippen LogP contribution in [0.3, 0.4) is 0 Å². The van der Waals surface area contributed by atoms with Gasteiger partial charge in [0.1, 0.15) is 0 Å². The van der Waals surface area contributed by atoms with Crippen molar-refractivity contribution in [2.24, 2.45) is 0 Å². The van der Waals surface area contributed by atoms with E-state index in [1.165, 1.54) is 11.1 Å². The molecule has 1 N–H and O–H groups in total. The molecule has 0 spiro atoms. The number of hydrogen-bond acceptors (Lipinski definition) is 1. The van der Waals surface area contributed by atoms with E-state index in [2.05, 4.69) is 52.4 Å². The molecule has 0 bridgehead atoms. The summed E-state index contributed by atoms with van der Waals surface area (Å²) in [5, 5.41) is 2.96. The van der Waals surface area contributed by atoms with Gasteiger partial charge in [0.25, 0.3) is 5.91 Å². The molecule has 20 heavy (non-hydrogen) atoms. The van der Waals surface area contributed by atoms with Crippen LogP contribution in [0.2, 0.25) is 0 Å². The monoisotopic (exact) mass is 331 g/mol. The van der Waals surface area contributed by atoms with Gasteiger partial charge in [-0.05, 0) is 53.4 Å². The molecule has 0 radical (unpaired) electrons. The number of halogens is 1. The second-order valence-electron chi connectivity index (χ2n) is 4.83. The Morgan fingerprint density at radius 1 is 1.15 bits per heavy atom. The van der Waals surface area contributed by atoms with E-state index in [1.807, 2.05) is 24.3 Å². The minimum Gasteiger partial charge on any atom is -0.352 e. The van der Waals surface area contributed by atoms with Gasteiger partial charge < -0.3 is 5.32 Å². The van der Waals surface area contributed by atoms with Gasteiger partial charge in [0.15, 0.2) is 0 Å². The quantitative estimate of drug-likeness (QED) is 0.820. The first-order valence-electron chi connectivity index (χ1n) is 6.75. The van der Waals surface area contributed by atoms with E-state index in [9.17, 15) is 4.79 Å². The first-order valence-corrected chi connectivity index (χ1v) is 7.54. The van der Waals surface area contributed by atoms with Gasteiger partial charge >= 0.3 is 0 Å². The van der Waals surface area contributed by atoms with E-state index in [4.69, 9.17) is 0 Å². The molecular weight excluding hydrogens is 314 g/mol. The number of aryl methyl sites for hydroxylation is 2. The van der Waals surface area contributed by atoms with E-state index in [1.54, 1.807) is 0 Å². The molecule has 2 rings (SSSR count). The summed E-state index contributed by atoms with van der Waals surface area (Å²) in [6.45, 7) is 2.78. The van der Waals surface area contributed by atoms with E-state index in [-0.39, 0.29) is 5.91 Å². The lowest BCUT2D eigenvalue weighted by Crippen LogP contribution is -2.25. The van der Waals surface area contributed by atoms with Gasteiger partial charge in [-0.1, -0.05) is 42.0 Å². The summed E-state index contributed by atoms with van der Waals surface area (Å²) in [7, 11) is 0. The van der Waals surface area contributed by atoms with Crippen LogP contribution < -0.4 is 5.32 Å². The lowest BCUT2D eigenvalue weighted by atomic mass is 10.1. The summed E-state index contributed by atoms with van der Waals surface area (Å²) in [6, 6.07) is 16.0. The van der Waals surface area contributed by atoms with Crippen LogP contribution in [0.15, 0.2) is 53.0 Å². The molecule has 0 aliphatic carbocycles. The van der Waals surface area contributed by atoms with Crippen molar-refractivity contribution in [1.29, 1.82) is 0 Å². The Labute approximate surface area is 128 Å². The highest BCUT2D eigenvalue weighted by atomic mass is 79.9. The highest BCUT2D eigenvalue weighted by Gasteiger charge is 2.07. The summed E-state index contributed by atoms with van der Waals surface area (Å²) in [6.07, 6.45) is 1.93. The predicted molar refractivity (Wildman–Crippen MR) is 86.0 cm³/mol. The average Bonchev–Trinajstić information content (AvgIpc) is 2.44. The zero-order valence-electron chi connectivity index (χ0n) is 11.5. The van der Waals surface area contributed by atoms with Crippen molar-refractivity contribution >= 4 is 21.8 Å². The Hall–Kier alpha value is -1.61. The molecule has 0 aromatic heterocycles. The zero-order valence-corrected chi connectivity index (χ0v) is 13.1. The van der Waals surface area contributed by atoms with Crippen molar-refractivity contribution in [3.63, 3.8) is 0 Å². The number of hydrogen-bond donors (Lipinski definition) is 1. The fourth-order valence-electron chi connectivity index (χ4n) is 2.10. The fraction of sp³-hybridized carbons (Fsp3) is 0.235. The molecular formula is C17H18BrNO. The molecule has 0 heterocycles. The molecule has 0 aliphatic heterocycles. The van der Waals surface area contributed by atoms with Crippen molar-refractivity contribution in [2.75, 3.05) is 6.54 Å². The van der Waals surface area contributed by atoms with Crippen molar-refractivity contribution in [3.05, 3.63) is 69.7 Å². The normalized spacial score (nSPS) is 10.3. The first kappa shape index (κ1) is 14.8. The van der Waals surface area contributed by atoms with Crippen molar-refractivity contribution in [3.8, 4) is 0 Å². The molecule has 0 fully saturated rings. The molecule has 2 nitrogen and oxygen atoms in total. The second-order valence-corrected chi connectivity index (χ2v) is 5.68.